The average Bonchev–Trinajstić information content (AvgIpc) is 3.34. The van der Waals surface area contributed by atoms with Gasteiger partial charge in [0.05, 0.1) is 11.3 Å². The number of carbonyl (C=O) groups excluding carboxylic acids is 1. The first-order valence-corrected chi connectivity index (χ1v) is 9.14. The number of hydrogen-bond donors (Lipinski definition) is 1. The van der Waals surface area contributed by atoms with Crippen LogP contribution in [0.4, 0.5) is 0 Å². The van der Waals surface area contributed by atoms with Crippen LogP contribution in [0.1, 0.15) is 23.7 Å². The fraction of sp³-hybridized carbons (Fsp3) is 0.286. The number of likely N-dealkylation sites (tertiary alicyclic amines) is 1. The summed E-state index contributed by atoms with van der Waals surface area (Å²) < 4.78 is 1.76. The Kier molecular flexibility index (Phi) is 4.49. The van der Waals surface area contributed by atoms with E-state index in [0.717, 1.165) is 24.2 Å². The zero-order chi connectivity index (χ0) is 18.9. The fourth-order valence-corrected chi connectivity index (χ4v) is 3.49. The zero-order valence-electron chi connectivity index (χ0n) is 15.4. The Bertz CT molecular complexity index is 938. The van der Waals surface area contributed by atoms with Crippen molar-refractivity contribution in [2.75, 3.05) is 19.6 Å². The molecule has 1 unspecified atom stereocenters. The van der Waals surface area contributed by atoms with Gasteiger partial charge in [0.25, 0.3) is 5.91 Å². The minimum atomic E-state index is -0.0143. The van der Waals surface area contributed by atoms with Gasteiger partial charge in [-0.05, 0) is 42.6 Å². The summed E-state index contributed by atoms with van der Waals surface area (Å²) in [5, 5.41) is 4.70. The van der Waals surface area contributed by atoms with Gasteiger partial charge < -0.3 is 10.6 Å². The molecule has 3 aromatic rings. The summed E-state index contributed by atoms with van der Waals surface area (Å²) in [6.45, 7) is 4.10. The van der Waals surface area contributed by atoms with Gasteiger partial charge in [-0.1, -0.05) is 25.1 Å². The molecule has 1 aliphatic heterocycles. The molecule has 1 saturated heterocycles. The van der Waals surface area contributed by atoms with Crippen LogP contribution in [-0.2, 0) is 0 Å². The topological polar surface area (TPSA) is 77.0 Å². The molecule has 138 valence electrons. The summed E-state index contributed by atoms with van der Waals surface area (Å²) in [7, 11) is 0. The van der Waals surface area contributed by atoms with Crippen molar-refractivity contribution in [2.24, 2.45) is 11.1 Å². The summed E-state index contributed by atoms with van der Waals surface area (Å²) in [6.07, 6.45) is 6.19. The van der Waals surface area contributed by atoms with E-state index in [1.54, 1.807) is 17.1 Å². The molecule has 6 heteroatoms. The van der Waals surface area contributed by atoms with Gasteiger partial charge in [-0.3, -0.25) is 9.78 Å². The Hall–Kier alpha value is -2.99. The quantitative estimate of drug-likeness (QED) is 0.775. The third-order valence-electron chi connectivity index (χ3n) is 5.24. The van der Waals surface area contributed by atoms with E-state index >= 15 is 0 Å². The van der Waals surface area contributed by atoms with Gasteiger partial charge in [-0.25, -0.2) is 4.68 Å². The highest BCUT2D eigenvalue weighted by Gasteiger charge is 2.36. The number of benzene rings is 1. The fourth-order valence-electron chi connectivity index (χ4n) is 3.49. The van der Waals surface area contributed by atoms with Crippen LogP contribution in [0.5, 0.6) is 0 Å². The molecule has 2 aromatic heterocycles. The Morgan fingerprint density at radius 3 is 2.70 bits per heavy atom. The van der Waals surface area contributed by atoms with E-state index in [9.17, 15) is 4.79 Å². The van der Waals surface area contributed by atoms with Gasteiger partial charge in [0.2, 0.25) is 0 Å². The lowest BCUT2D eigenvalue weighted by atomic mass is 9.90. The summed E-state index contributed by atoms with van der Waals surface area (Å²) in [4.78, 5) is 19.4. The SMILES string of the molecule is CC1(CN)CCN(C(=O)c2cn(-c3ccccc3)nc2-c2cccnc2)C1. The van der Waals surface area contributed by atoms with E-state index in [1.165, 1.54) is 0 Å². The predicted octanol–water partition coefficient (Wildman–Crippen LogP) is 2.75. The zero-order valence-corrected chi connectivity index (χ0v) is 15.4. The molecule has 1 amide bonds. The van der Waals surface area contributed by atoms with Crippen LogP contribution >= 0.6 is 0 Å². The smallest absolute Gasteiger partial charge is 0.257 e. The van der Waals surface area contributed by atoms with Gasteiger partial charge in [-0.2, -0.15) is 5.10 Å². The molecule has 2 N–H and O–H groups in total. The molecular weight excluding hydrogens is 338 g/mol. The third kappa shape index (κ3) is 3.36. The normalized spacial score (nSPS) is 19.4. The second-order valence-electron chi connectivity index (χ2n) is 7.40. The number of amides is 1. The van der Waals surface area contributed by atoms with Crippen molar-refractivity contribution in [3.05, 3.63) is 66.6 Å². The number of hydrogen-bond acceptors (Lipinski definition) is 4. The van der Waals surface area contributed by atoms with Gasteiger partial charge in [0, 0.05) is 37.2 Å². The second kappa shape index (κ2) is 6.96. The Morgan fingerprint density at radius 1 is 1.22 bits per heavy atom. The minimum Gasteiger partial charge on any atom is -0.338 e. The third-order valence-corrected chi connectivity index (χ3v) is 5.24. The first-order valence-electron chi connectivity index (χ1n) is 9.14. The number of rotatable bonds is 4. The van der Waals surface area contributed by atoms with Crippen LogP contribution in [0.15, 0.2) is 61.1 Å². The molecule has 4 rings (SSSR count). The molecule has 0 saturated carbocycles. The second-order valence-corrected chi connectivity index (χ2v) is 7.40. The summed E-state index contributed by atoms with van der Waals surface area (Å²) >= 11 is 0. The van der Waals surface area contributed by atoms with Crippen LogP contribution < -0.4 is 5.73 Å². The largest absolute Gasteiger partial charge is 0.338 e. The van der Waals surface area contributed by atoms with E-state index in [1.807, 2.05) is 53.6 Å². The van der Waals surface area contributed by atoms with Crippen LogP contribution in [0.25, 0.3) is 16.9 Å². The molecule has 27 heavy (non-hydrogen) atoms. The molecular formula is C21H23N5O. The lowest BCUT2D eigenvalue weighted by Crippen LogP contribution is -2.34. The maximum atomic E-state index is 13.3. The van der Waals surface area contributed by atoms with Gasteiger partial charge >= 0.3 is 0 Å². The standard InChI is InChI=1S/C21H23N5O/c1-21(14-22)9-11-25(15-21)20(27)18-13-26(17-7-3-2-4-8-17)24-19(18)16-6-5-10-23-12-16/h2-8,10,12-13H,9,11,14-15,22H2,1H3. The maximum absolute atomic E-state index is 13.3. The maximum Gasteiger partial charge on any atom is 0.257 e. The van der Waals surface area contributed by atoms with E-state index in [4.69, 9.17) is 10.8 Å². The van der Waals surface area contributed by atoms with Gasteiger partial charge in [-0.15, -0.1) is 0 Å². The molecule has 0 bridgehead atoms. The average molecular weight is 361 g/mol. The van der Waals surface area contributed by atoms with E-state index in [0.29, 0.717) is 24.3 Å². The van der Waals surface area contributed by atoms with Crippen LogP contribution in [0.2, 0.25) is 0 Å². The molecule has 0 spiro atoms. The van der Waals surface area contributed by atoms with E-state index in [2.05, 4.69) is 11.9 Å². The van der Waals surface area contributed by atoms with Crippen LogP contribution in [0.3, 0.4) is 0 Å². The van der Waals surface area contributed by atoms with Crippen molar-refractivity contribution in [1.82, 2.24) is 19.7 Å². The lowest BCUT2D eigenvalue weighted by molar-refractivity contribution is 0.0777. The molecule has 1 fully saturated rings. The highest BCUT2D eigenvalue weighted by atomic mass is 16.2. The first-order chi connectivity index (χ1) is 13.1. The molecule has 1 aromatic carbocycles. The van der Waals surface area contributed by atoms with Crippen molar-refractivity contribution in [2.45, 2.75) is 13.3 Å². The molecule has 1 aliphatic rings. The number of aromatic nitrogens is 3. The molecule has 0 radical (unpaired) electrons. The van der Waals surface area contributed by atoms with Crippen molar-refractivity contribution < 1.29 is 4.79 Å². The minimum absolute atomic E-state index is 0.00629. The lowest BCUT2D eigenvalue weighted by Gasteiger charge is -2.22. The number of nitrogens with two attached hydrogens (primary N) is 1. The van der Waals surface area contributed by atoms with E-state index < -0.39 is 0 Å². The Balaban J connectivity index is 1.75. The van der Waals surface area contributed by atoms with Crippen LogP contribution in [0, 0.1) is 5.41 Å². The monoisotopic (exact) mass is 361 g/mol. The van der Waals surface area contributed by atoms with Gasteiger partial charge in [0.1, 0.15) is 5.69 Å². The summed E-state index contributed by atoms with van der Waals surface area (Å²) in [5.74, 6) is -0.00629. The highest BCUT2D eigenvalue weighted by Crippen LogP contribution is 2.31. The summed E-state index contributed by atoms with van der Waals surface area (Å²) in [6, 6.07) is 13.6. The predicted molar refractivity (Wildman–Crippen MR) is 104 cm³/mol. The Morgan fingerprint density at radius 2 is 2.04 bits per heavy atom. The number of carbonyl (C=O) groups is 1. The highest BCUT2D eigenvalue weighted by molar-refractivity contribution is 6.00. The summed E-state index contributed by atoms with van der Waals surface area (Å²) in [5.41, 5.74) is 8.88. The van der Waals surface area contributed by atoms with Crippen molar-refractivity contribution in [3.63, 3.8) is 0 Å². The van der Waals surface area contributed by atoms with Crippen molar-refractivity contribution >= 4 is 5.91 Å². The van der Waals surface area contributed by atoms with Gasteiger partial charge in [0.15, 0.2) is 0 Å². The number of para-hydroxylation sites is 1. The number of nitrogens with zero attached hydrogens (tertiary/aromatic N) is 4. The molecule has 6 nitrogen and oxygen atoms in total. The number of pyridine rings is 1. The van der Waals surface area contributed by atoms with Crippen LogP contribution in [-0.4, -0.2) is 45.2 Å². The molecule has 3 heterocycles. The van der Waals surface area contributed by atoms with E-state index in [-0.39, 0.29) is 11.3 Å². The first kappa shape index (κ1) is 17.4. The molecule has 0 aliphatic carbocycles. The van der Waals surface area contributed by atoms with Crippen molar-refractivity contribution in [1.29, 1.82) is 0 Å². The molecule has 1 atom stereocenters. The Labute approximate surface area is 158 Å². The van der Waals surface area contributed by atoms with Crippen molar-refractivity contribution in [3.8, 4) is 16.9 Å².